The Morgan fingerprint density at radius 1 is 1.29 bits per heavy atom. The molecule has 0 heterocycles. The third-order valence-electron chi connectivity index (χ3n) is 3.07. The van der Waals surface area contributed by atoms with Gasteiger partial charge in [0.1, 0.15) is 5.82 Å². The minimum absolute atomic E-state index is 0.0610. The number of nitrogens with two attached hydrogens (primary N) is 1. The normalized spacial score (nSPS) is 12.4. The number of hydrogen-bond donors (Lipinski definition) is 2. The molecule has 0 aliphatic heterocycles. The van der Waals surface area contributed by atoms with E-state index >= 15 is 0 Å². The maximum atomic E-state index is 14.3. The highest BCUT2D eigenvalue weighted by Crippen LogP contribution is 2.33. The predicted molar refractivity (Wildman–Crippen MR) is 91.1 cm³/mol. The van der Waals surface area contributed by atoms with Gasteiger partial charge in [-0.05, 0) is 45.4 Å². The van der Waals surface area contributed by atoms with Crippen molar-refractivity contribution in [2.75, 3.05) is 5.75 Å². The average molecular weight is 390 g/mol. The molecule has 2 nitrogen and oxygen atoms in total. The van der Waals surface area contributed by atoms with Crippen LogP contribution in [0.15, 0.2) is 45.8 Å². The lowest BCUT2D eigenvalue weighted by Crippen LogP contribution is -2.29. The van der Waals surface area contributed by atoms with Gasteiger partial charge in [-0.1, -0.05) is 36.7 Å². The Morgan fingerprint density at radius 2 is 1.95 bits per heavy atom. The quantitative estimate of drug-likeness (QED) is 0.330. The molecule has 0 saturated carbocycles. The SMILES string of the molecule is CCSc1ccc(C(NN)c2ccc(Br)c(Cl)c2F)cc1. The summed E-state index contributed by atoms with van der Waals surface area (Å²) in [6.07, 6.45) is 0. The van der Waals surface area contributed by atoms with Crippen LogP contribution < -0.4 is 11.3 Å². The summed E-state index contributed by atoms with van der Waals surface area (Å²) in [4.78, 5) is 1.17. The minimum atomic E-state index is -0.471. The number of hydrogen-bond acceptors (Lipinski definition) is 3. The zero-order valence-electron chi connectivity index (χ0n) is 11.4. The summed E-state index contributed by atoms with van der Waals surface area (Å²) >= 11 is 10.9. The molecule has 21 heavy (non-hydrogen) atoms. The van der Waals surface area contributed by atoms with Crippen LogP contribution in [-0.4, -0.2) is 5.75 Å². The van der Waals surface area contributed by atoms with Crippen molar-refractivity contribution in [1.29, 1.82) is 0 Å². The minimum Gasteiger partial charge on any atom is -0.271 e. The van der Waals surface area contributed by atoms with Crippen LogP contribution in [0.5, 0.6) is 0 Å². The zero-order valence-corrected chi connectivity index (χ0v) is 14.5. The first-order valence-corrected chi connectivity index (χ1v) is 8.56. The Labute approximate surface area is 141 Å². The first kappa shape index (κ1) is 16.8. The first-order valence-electron chi connectivity index (χ1n) is 6.40. The molecular formula is C15H15BrClFN2S. The molecule has 112 valence electrons. The van der Waals surface area contributed by atoms with Gasteiger partial charge in [-0.2, -0.15) is 0 Å². The Kier molecular flexibility index (Phi) is 6.08. The van der Waals surface area contributed by atoms with Crippen molar-refractivity contribution >= 4 is 39.3 Å². The van der Waals surface area contributed by atoms with E-state index in [0.717, 1.165) is 11.3 Å². The second-order valence-electron chi connectivity index (χ2n) is 4.37. The van der Waals surface area contributed by atoms with E-state index in [1.807, 2.05) is 24.3 Å². The number of nitrogens with one attached hydrogen (secondary N) is 1. The first-order chi connectivity index (χ1) is 10.1. The molecule has 0 aromatic heterocycles. The number of hydrazine groups is 1. The molecule has 2 aromatic carbocycles. The molecular weight excluding hydrogens is 375 g/mol. The fourth-order valence-electron chi connectivity index (χ4n) is 2.05. The molecule has 0 bridgehead atoms. The number of rotatable bonds is 5. The van der Waals surface area contributed by atoms with Crippen LogP contribution in [0.25, 0.3) is 0 Å². The van der Waals surface area contributed by atoms with E-state index in [1.165, 1.54) is 4.90 Å². The zero-order chi connectivity index (χ0) is 15.4. The molecule has 0 amide bonds. The Bertz CT molecular complexity index is 622. The van der Waals surface area contributed by atoms with E-state index in [9.17, 15) is 4.39 Å². The van der Waals surface area contributed by atoms with Crippen LogP contribution in [-0.2, 0) is 0 Å². The van der Waals surface area contributed by atoms with Crippen LogP contribution in [0.3, 0.4) is 0 Å². The Balaban J connectivity index is 2.37. The molecule has 0 saturated heterocycles. The summed E-state index contributed by atoms with van der Waals surface area (Å²) in [6.45, 7) is 2.10. The van der Waals surface area contributed by atoms with E-state index in [0.29, 0.717) is 10.0 Å². The van der Waals surface area contributed by atoms with Gasteiger partial charge in [0.2, 0.25) is 0 Å². The molecule has 2 aromatic rings. The molecule has 3 N–H and O–H groups in total. The van der Waals surface area contributed by atoms with Crippen molar-refractivity contribution in [3.05, 3.63) is 62.8 Å². The maximum absolute atomic E-state index is 14.3. The van der Waals surface area contributed by atoms with E-state index in [4.69, 9.17) is 17.4 Å². The van der Waals surface area contributed by atoms with Gasteiger partial charge < -0.3 is 0 Å². The van der Waals surface area contributed by atoms with Crippen LogP contribution in [0, 0.1) is 5.82 Å². The summed E-state index contributed by atoms with van der Waals surface area (Å²) < 4.78 is 14.8. The summed E-state index contributed by atoms with van der Waals surface area (Å²) in [6, 6.07) is 10.8. The smallest absolute Gasteiger partial charge is 0.148 e. The van der Waals surface area contributed by atoms with Gasteiger partial charge in [0.15, 0.2) is 0 Å². The molecule has 0 spiro atoms. The van der Waals surface area contributed by atoms with Gasteiger partial charge >= 0.3 is 0 Å². The second kappa shape index (κ2) is 7.61. The maximum Gasteiger partial charge on any atom is 0.148 e. The van der Waals surface area contributed by atoms with Crippen molar-refractivity contribution in [1.82, 2.24) is 5.43 Å². The summed E-state index contributed by atoms with van der Waals surface area (Å²) in [5.41, 5.74) is 3.96. The van der Waals surface area contributed by atoms with Gasteiger partial charge in [0, 0.05) is 14.9 Å². The summed E-state index contributed by atoms with van der Waals surface area (Å²) in [5.74, 6) is 6.15. The third-order valence-corrected chi connectivity index (χ3v) is 5.22. The molecule has 0 fully saturated rings. The molecule has 2 rings (SSSR count). The molecule has 1 atom stereocenters. The highest BCUT2D eigenvalue weighted by Gasteiger charge is 2.19. The predicted octanol–water partition coefficient (Wildman–Crippen LogP) is 4.91. The van der Waals surface area contributed by atoms with Crippen LogP contribution >= 0.6 is 39.3 Å². The second-order valence-corrected chi connectivity index (χ2v) is 6.94. The molecule has 0 aliphatic carbocycles. The third kappa shape index (κ3) is 3.79. The van der Waals surface area contributed by atoms with Crippen LogP contribution in [0.1, 0.15) is 24.1 Å². The average Bonchev–Trinajstić information content (AvgIpc) is 2.50. The number of thioether (sulfide) groups is 1. The van der Waals surface area contributed by atoms with Gasteiger partial charge in [0.25, 0.3) is 0 Å². The molecule has 0 aliphatic rings. The highest BCUT2D eigenvalue weighted by atomic mass is 79.9. The number of benzene rings is 2. The topological polar surface area (TPSA) is 38.0 Å². The lowest BCUT2D eigenvalue weighted by Gasteiger charge is -2.19. The van der Waals surface area contributed by atoms with Crippen molar-refractivity contribution in [2.45, 2.75) is 17.9 Å². The van der Waals surface area contributed by atoms with E-state index in [-0.39, 0.29) is 5.02 Å². The fraction of sp³-hybridized carbons (Fsp3) is 0.200. The van der Waals surface area contributed by atoms with Gasteiger partial charge in [-0.15, -0.1) is 11.8 Å². The van der Waals surface area contributed by atoms with Crippen molar-refractivity contribution in [3.63, 3.8) is 0 Å². The van der Waals surface area contributed by atoms with Crippen molar-refractivity contribution < 1.29 is 4.39 Å². The highest BCUT2D eigenvalue weighted by molar-refractivity contribution is 9.10. The van der Waals surface area contributed by atoms with Gasteiger partial charge in [0.05, 0.1) is 11.1 Å². The van der Waals surface area contributed by atoms with E-state index < -0.39 is 11.9 Å². The fourth-order valence-corrected chi connectivity index (χ4v) is 3.19. The molecule has 6 heteroatoms. The molecule has 0 radical (unpaired) electrons. The van der Waals surface area contributed by atoms with E-state index in [2.05, 4.69) is 28.3 Å². The lowest BCUT2D eigenvalue weighted by atomic mass is 9.99. The van der Waals surface area contributed by atoms with Crippen molar-refractivity contribution in [3.8, 4) is 0 Å². The summed E-state index contributed by atoms with van der Waals surface area (Å²) in [5, 5.41) is 0.0610. The largest absolute Gasteiger partial charge is 0.271 e. The van der Waals surface area contributed by atoms with Crippen LogP contribution in [0.2, 0.25) is 5.02 Å². The lowest BCUT2D eigenvalue weighted by molar-refractivity contribution is 0.559. The Hall–Kier alpha value is -0.590. The van der Waals surface area contributed by atoms with Crippen LogP contribution in [0.4, 0.5) is 4.39 Å². The van der Waals surface area contributed by atoms with Crippen molar-refractivity contribution in [2.24, 2.45) is 5.84 Å². The van der Waals surface area contributed by atoms with Gasteiger partial charge in [-0.3, -0.25) is 5.84 Å². The summed E-state index contributed by atoms with van der Waals surface area (Å²) in [7, 11) is 0. The van der Waals surface area contributed by atoms with E-state index in [1.54, 1.807) is 23.9 Å². The van der Waals surface area contributed by atoms with Gasteiger partial charge in [-0.25, -0.2) is 9.82 Å². The standard InChI is InChI=1S/C15H15BrClFN2S/c1-2-21-10-5-3-9(4-6-10)15(20-19)11-7-8-12(16)13(17)14(11)18/h3-8,15,20H,2,19H2,1H3. The number of halogens is 3. The Morgan fingerprint density at radius 3 is 2.52 bits per heavy atom. The molecule has 1 unspecified atom stereocenters. The monoisotopic (exact) mass is 388 g/mol.